The molecule has 0 saturated heterocycles. The number of alkyl halides is 3. The van der Waals surface area contributed by atoms with E-state index in [4.69, 9.17) is 9.47 Å². The Bertz CT molecular complexity index is 1090. The van der Waals surface area contributed by atoms with E-state index in [1.165, 1.54) is 36.2 Å². The Kier molecular flexibility index (Phi) is 3.94. The third-order valence-corrected chi connectivity index (χ3v) is 3.75. The molecule has 4 aromatic rings. The highest BCUT2D eigenvalue weighted by Crippen LogP contribution is 2.37. The van der Waals surface area contributed by atoms with Crippen LogP contribution in [0.1, 0.15) is 5.69 Å². The Hall–Kier alpha value is -3.56. The molecule has 0 amide bonds. The van der Waals surface area contributed by atoms with E-state index in [0.29, 0.717) is 11.5 Å². The molecule has 0 spiro atoms. The van der Waals surface area contributed by atoms with Crippen LogP contribution in [-0.4, -0.2) is 31.4 Å². The molecule has 0 aliphatic carbocycles. The highest BCUT2D eigenvalue weighted by atomic mass is 19.4. The molecule has 7 nitrogen and oxygen atoms in total. The maximum Gasteiger partial charge on any atom is 0.435 e. The topological polar surface area (TPSA) is 77.3 Å². The van der Waals surface area contributed by atoms with E-state index in [9.17, 15) is 13.2 Å². The predicted octanol–water partition coefficient (Wildman–Crippen LogP) is 3.94. The minimum Gasteiger partial charge on any atom is -0.497 e. The van der Waals surface area contributed by atoms with Crippen molar-refractivity contribution in [1.29, 1.82) is 0 Å². The molecule has 10 heteroatoms. The van der Waals surface area contributed by atoms with Crippen LogP contribution in [-0.2, 0) is 6.18 Å². The lowest BCUT2D eigenvalue weighted by Gasteiger charge is -2.06. The lowest BCUT2D eigenvalue weighted by molar-refractivity contribution is -0.140. The molecule has 0 saturated carbocycles. The van der Waals surface area contributed by atoms with Gasteiger partial charge < -0.3 is 14.5 Å². The molecule has 0 aliphatic heterocycles. The Morgan fingerprint density at radius 3 is 2.52 bits per heavy atom. The van der Waals surface area contributed by atoms with E-state index >= 15 is 0 Å². The van der Waals surface area contributed by atoms with Gasteiger partial charge in [-0.05, 0) is 30.3 Å². The highest BCUT2D eigenvalue weighted by molar-refractivity contribution is 5.63. The Labute approximate surface area is 150 Å². The fourth-order valence-corrected chi connectivity index (χ4v) is 2.57. The summed E-state index contributed by atoms with van der Waals surface area (Å²) in [6.45, 7) is 0. The number of aromatic amines is 1. The van der Waals surface area contributed by atoms with E-state index in [0.717, 1.165) is 0 Å². The quantitative estimate of drug-likeness (QED) is 0.585. The number of nitrogens with zero attached hydrogens (tertiary/aromatic N) is 4. The lowest BCUT2D eigenvalue weighted by atomic mass is 10.2. The first-order valence-electron chi connectivity index (χ1n) is 7.73. The number of hydrogen-bond donors (Lipinski definition) is 1. The molecular formula is C17H12F3N5O2. The number of rotatable bonds is 4. The van der Waals surface area contributed by atoms with Gasteiger partial charge in [-0.2, -0.15) is 13.2 Å². The molecule has 138 valence electrons. The van der Waals surface area contributed by atoms with E-state index in [1.807, 2.05) is 0 Å². The van der Waals surface area contributed by atoms with Crippen molar-refractivity contribution < 1.29 is 22.6 Å². The average Bonchev–Trinajstić information content (AvgIpc) is 3.26. The smallest absolute Gasteiger partial charge is 0.435 e. The second-order valence-electron chi connectivity index (χ2n) is 5.48. The Morgan fingerprint density at radius 1 is 1.07 bits per heavy atom. The second kappa shape index (κ2) is 6.31. The maximum absolute atomic E-state index is 13.4. The van der Waals surface area contributed by atoms with E-state index < -0.39 is 11.9 Å². The zero-order valence-electron chi connectivity index (χ0n) is 13.9. The normalized spacial score (nSPS) is 11.7. The number of nitrogens with one attached hydrogen (secondary N) is 1. The van der Waals surface area contributed by atoms with Crippen LogP contribution in [0.4, 0.5) is 13.2 Å². The SMILES string of the molecule is COc1ccc(Oc2ncc(-c3c(C(F)(F)F)nc4ncccn34)[nH]2)cc1. The van der Waals surface area contributed by atoms with Crippen molar-refractivity contribution in [2.24, 2.45) is 0 Å². The zero-order chi connectivity index (χ0) is 19.0. The molecular weight excluding hydrogens is 363 g/mol. The molecule has 3 aromatic heterocycles. The van der Waals surface area contributed by atoms with Gasteiger partial charge >= 0.3 is 6.18 Å². The van der Waals surface area contributed by atoms with E-state index in [2.05, 4.69) is 19.9 Å². The second-order valence-corrected chi connectivity index (χ2v) is 5.48. The zero-order valence-corrected chi connectivity index (χ0v) is 13.9. The molecule has 27 heavy (non-hydrogen) atoms. The number of methoxy groups -OCH3 is 1. The largest absolute Gasteiger partial charge is 0.497 e. The van der Waals surface area contributed by atoms with Crippen molar-refractivity contribution in [3.63, 3.8) is 0 Å². The number of H-pyrrole nitrogens is 1. The first kappa shape index (κ1) is 16.9. The van der Waals surface area contributed by atoms with Gasteiger partial charge in [0, 0.05) is 12.4 Å². The first-order chi connectivity index (χ1) is 13.0. The highest BCUT2D eigenvalue weighted by Gasteiger charge is 2.39. The summed E-state index contributed by atoms with van der Waals surface area (Å²) < 4.78 is 52.1. The summed E-state index contributed by atoms with van der Waals surface area (Å²) in [7, 11) is 1.54. The number of aromatic nitrogens is 5. The van der Waals surface area contributed by atoms with E-state index in [-0.39, 0.29) is 23.2 Å². The van der Waals surface area contributed by atoms with Gasteiger partial charge in [-0.25, -0.2) is 15.0 Å². The number of hydrogen-bond acceptors (Lipinski definition) is 5. The summed E-state index contributed by atoms with van der Waals surface area (Å²) >= 11 is 0. The van der Waals surface area contributed by atoms with Crippen LogP contribution in [0.3, 0.4) is 0 Å². The molecule has 3 heterocycles. The Morgan fingerprint density at radius 2 is 1.81 bits per heavy atom. The van der Waals surface area contributed by atoms with Gasteiger partial charge in [-0.3, -0.25) is 4.40 Å². The third-order valence-electron chi connectivity index (χ3n) is 3.75. The summed E-state index contributed by atoms with van der Waals surface area (Å²) in [5.41, 5.74) is -1.14. The summed E-state index contributed by atoms with van der Waals surface area (Å²) in [4.78, 5) is 14.2. The van der Waals surface area contributed by atoms with Crippen molar-refractivity contribution in [1.82, 2.24) is 24.3 Å². The van der Waals surface area contributed by atoms with Crippen LogP contribution in [0.5, 0.6) is 17.5 Å². The predicted molar refractivity (Wildman–Crippen MR) is 88.6 cm³/mol. The van der Waals surface area contributed by atoms with Crippen molar-refractivity contribution >= 4 is 5.78 Å². The maximum atomic E-state index is 13.4. The standard InChI is InChI=1S/C17H12F3N5O2/c1-26-10-3-5-11(6-4-10)27-16-22-9-12(23-16)13-14(17(18,19)20)24-15-21-7-2-8-25(13)15/h2-9H,1H3,(H,22,23). The van der Waals surface area contributed by atoms with Crippen LogP contribution in [0.2, 0.25) is 0 Å². The van der Waals surface area contributed by atoms with Crippen molar-refractivity contribution in [2.75, 3.05) is 7.11 Å². The van der Waals surface area contributed by atoms with Crippen molar-refractivity contribution in [3.05, 3.63) is 54.6 Å². The summed E-state index contributed by atoms with van der Waals surface area (Å²) in [5.74, 6) is 1.04. The van der Waals surface area contributed by atoms with Crippen LogP contribution in [0.15, 0.2) is 48.9 Å². The summed E-state index contributed by atoms with van der Waals surface area (Å²) in [6.07, 6.45) is -0.572. The molecule has 0 radical (unpaired) electrons. The van der Waals surface area contributed by atoms with Gasteiger partial charge in [0.05, 0.1) is 19.0 Å². The molecule has 1 aromatic carbocycles. The van der Waals surface area contributed by atoms with Crippen LogP contribution >= 0.6 is 0 Å². The van der Waals surface area contributed by atoms with Gasteiger partial charge in [-0.15, -0.1) is 0 Å². The van der Waals surface area contributed by atoms with Crippen molar-refractivity contribution in [3.8, 4) is 28.9 Å². The minimum absolute atomic E-state index is 0.0436. The van der Waals surface area contributed by atoms with Gasteiger partial charge in [-0.1, -0.05) is 0 Å². The molecule has 1 N–H and O–H groups in total. The fourth-order valence-electron chi connectivity index (χ4n) is 2.57. The van der Waals surface area contributed by atoms with Crippen molar-refractivity contribution in [2.45, 2.75) is 6.18 Å². The van der Waals surface area contributed by atoms with Gasteiger partial charge in [0.1, 0.15) is 17.2 Å². The molecule has 0 fully saturated rings. The monoisotopic (exact) mass is 375 g/mol. The van der Waals surface area contributed by atoms with E-state index in [1.54, 1.807) is 24.3 Å². The average molecular weight is 375 g/mol. The first-order valence-corrected chi connectivity index (χ1v) is 7.73. The molecule has 0 unspecified atom stereocenters. The summed E-state index contributed by atoms with van der Waals surface area (Å²) in [5, 5.41) is 0. The number of benzene rings is 1. The van der Waals surface area contributed by atoms with Gasteiger partial charge in [0.2, 0.25) is 5.78 Å². The lowest BCUT2D eigenvalue weighted by Crippen LogP contribution is -2.07. The van der Waals surface area contributed by atoms with Crippen LogP contribution in [0.25, 0.3) is 17.2 Å². The number of halogens is 3. The Balaban J connectivity index is 1.72. The fraction of sp³-hybridized carbons (Fsp3) is 0.118. The minimum atomic E-state index is -4.65. The number of ether oxygens (including phenoxy) is 2. The number of fused-ring (bicyclic) bond motifs is 1. The molecule has 0 atom stereocenters. The van der Waals surface area contributed by atoms with Crippen LogP contribution in [0, 0.1) is 0 Å². The van der Waals surface area contributed by atoms with Crippen LogP contribution < -0.4 is 9.47 Å². The third kappa shape index (κ3) is 3.16. The molecule has 4 rings (SSSR count). The van der Waals surface area contributed by atoms with Gasteiger partial charge in [0.15, 0.2) is 5.69 Å². The number of imidazole rings is 2. The van der Waals surface area contributed by atoms with Gasteiger partial charge in [0.25, 0.3) is 6.01 Å². The summed E-state index contributed by atoms with van der Waals surface area (Å²) in [6, 6.07) is 8.25. The molecule has 0 bridgehead atoms. The molecule has 0 aliphatic rings.